The standard InChI is InChI=1S/C25H24F2N4OS/c1-17(24-28-29-25(32-24)22-3-2-16-33-22)30-12-14-31(15-13-30)23(18-4-8-20(26)9-5-18)19-6-10-21(27)11-7-19/h2-11,16-17,23H,12-15H2,1H3. The lowest BCUT2D eigenvalue weighted by atomic mass is 9.96. The van der Waals surface area contributed by atoms with Crippen molar-refractivity contribution in [2.45, 2.75) is 19.0 Å². The minimum atomic E-state index is -0.267. The zero-order valence-electron chi connectivity index (χ0n) is 18.2. The van der Waals surface area contributed by atoms with E-state index in [1.54, 1.807) is 11.3 Å². The van der Waals surface area contributed by atoms with Crippen LogP contribution in [0.4, 0.5) is 8.78 Å². The van der Waals surface area contributed by atoms with Crippen LogP contribution >= 0.6 is 11.3 Å². The Balaban J connectivity index is 1.31. The van der Waals surface area contributed by atoms with Gasteiger partial charge in [-0.3, -0.25) is 9.80 Å². The molecular formula is C25H24F2N4OS. The van der Waals surface area contributed by atoms with E-state index in [-0.39, 0.29) is 23.7 Å². The molecular weight excluding hydrogens is 442 g/mol. The third kappa shape index (κ3) is 4.73. The van der Waals surface area contributed by atoms with Gasteiger partial charge in [0, 0.05) is 26.2 Å². The smallest absolute Gasteiger partial charge is 0.257 e. The highest BCUT2D eigenvalue weighted by molar-refractivity contribution is 7.13. The van der Waals surface area contributed by atoms with E-state index >= 15 is 0 Å². The molecule has 33 heavy (non-hydrogen) atoms. The molecule has 1 saturated heterocycles. The molecule has 4 aromatic rings. The van der Waals surface area contributed by atoms with E-state index in [4.69, 9.17) is 4.42 Å². The first-order valence-corrected chi connectivity index (χ1v) is 11.8. The van der Waals surface area contributed by atoms with Gasteiger partial charge in [-0.15, -0.1) is 21.5 Å². The minimum Gasteiger partial charge on any atom is -0.418 e. The average Bonchev–Trinajstić information content (AvgIpc) is 3.54. The molecule has 1 aliphatic heterocycles. The van der Waals surface area contributed by atoms with Gasteiger partial charge in [-0.25, -0.2) is 8.78 Å². The van der Waals surface area contributed by atoms with Crippen LogP contribution in [-0.2, 0) is 0 Å². The van der Waals surface area contributed by atoms with Gasteiger partial charge in [-0.1, -0.05) is 30.3 Å². The fourth-order valence-corrected chi connectivity index (χ4v) is 4.99. The van der Waals surface area contributed by atoms with Crippen molar-refractivity contribution in [3.8, 4) is 10.8 Å². The summed E-state index contributed by atoms with van der Waals surface area (Å²) in [7, 11) is 0. The summed E-state index contributed by atoms with van der Waals surface area (Å²) in [5.41, 5.74) is 1.98. The van der Waals surface area contributed by atoms with Gasteiger partial charge in [-0.2, -0.15) is 0 Å². The van der Waals surface area contributed by atoms with Crippen molar-refractivity contribution in [3.63, 3.8) is 0 Å². The van der Waals surface area contributed by atoms with Gasteiger partial charge in [0.2, 0.25) is 5.89 Å². The summed E-state index contributed by atoms with van der Waals surface area (Å²) in [4.78, 5) is 5.65. The van der Waals surface area contributed by atoms with Crippen molar-refractivity contribution in [1.82, 2.24) is 20.0 Å². The number of rotatable bonds is 6. The monoisotopic (exact) mass is 466 g/mol. The second kappa shape index (κ2) is 9.51. The highest BCUT2D eigenvalue weighted by Crippen LogP contribution is 2.32. The van der Waals surface area contributed by atoms with Crippen LogP contribution in [0.2, 0.25) is 0 Å². The van der Waals surface area contributed by atoms with E-state index in [1.807, 2.05) is 41.8 Å². The fourth-order valence-electron chi connectivity index (χ4n) is 4.35. The van der Waals surface area contributed by atoms with E-state index in [0.717, 1.165) is 42.2 Å². The predicted octanol–water partition coefficient (Wildman–Crippen LogP) is 5.54. The van der Waals surface area contributed by atoms with Gasteiger partial charge in [0.1, 0.15) is 11.6 Å². The number of benzene rings is 2. The van der Waals surface area contributed by atoms with Gasteiger partial charge in [0.25, 0.3) is 5.89 Å². The fraction of sp³-hybridized carbons (Fsp3) is 0.280. The van der Waals surface area contributed by atoms with E-state index < -0.39 is 0 Å². The summed E-state index contributed by atoms with van der Waals surface area (Å²) < 4.78 is 33.0. The second-order valence-electron chi connectivity index (χ2n) is 8.18. The van der Waals surface area contributed by atoms with Gasteiger partial charge in [0.05, 0.1) is 17.0 Å². The molecule has 1 fully saturated rings. The van der Waals surface area contributed by atoms with Crippen LogP contribution in [0.3, 0.4) is 0 Å². The molecule has 0 aliphatic carbocycles. The molecule has 0 N–H and O–H groups in total. The maximum absolute atomic E-state index is 13.6. The molecule has 2 aromatic carbocycles. The Morgan fingerprint density at radius 1 is 0.818 bits per heavy atom. The van der Waals surface area contributed by atoms with Crippen molar-refractivity contribution in [2.24, 2.45) is 0 Å². The Kier molecular flexibility index (Phi) is 6.30. The van der Waals surface area contributed by atoms with Crippen LogP contribution in [0.5, 0.6) is 0 Å². The lowest BCUT2D eigenvalue weighted by Crippen LogP contribution is -2.48. The Bertz CT molecular complexity index is 1120. The summed E-state index contributed by atoms with van der Waals surface area (Å²) in [6.07, 6.45) is 0. The van der Waals surface area contributed by atoms with Gasteiger partial charge >= 0.3 is 0 Å². The van der Waals surface area contributed by atoms with Crippen molar-refractivity contribution in [2.75, 3.05) is 26.2 Å². The maximum atomic E-state index is 13.6. The van der Waals surface area contributed by atoms with E-state index in [1.165, 1.54) is 24.3 Å². The molecule has 2 aromatic heterocycles. The Labute approximate surface area is 195 Å². The molecule has 0 radical (unpaired) electrons. The molecule has 1 unspecified atom stereocenters. The molecule has 170 valence electrons. The molecule has 8 heteroatoms. The third-order valence-corrected chi connectivity index (χ3v) is 7.02. The quantitative estimate of drug-likeness (QED) is 0.373. The summed E-state index contributed by atoms with van der Waals surface area (Å²) in [5.74, 6) is 0.632. The number of hydrogen-bond donors (Lipinski definition) is 0. The zero-order valence-corrected chi connectivity index (χ0v) is 19.0. The van der Waals surface area contributed by atoms with Crippen LogP contribution < -0.4 is 0 Å². The number of piperazine rings is 1. The van der Waals surface area contributed by atoms with Crippen molar-refractivity contribution in [3.05, 3.63) is 94.7 Å². The predicted molar refractivity (Wildman–Crippen MR) is 124 cm³/mol. The number of aromatic nitrogens is 2. The summed E-state index contributed by atoms with van der Waals surface area (Å²) in [5, 5.41) is 10.5. The molecule has 3 heterocycles. The van der Waals surface area contributed by atoms with Crippen LogP contribution in [0.25, 0.3) is 10.8 Å². The van der Waals surface area contributed by atoms with Crippen molar-refractivity contribution < 1.29 is 13.2 Å². The normalized spacial score (nSPS) is 16.4. The maximum Gasteiger partial charge on any atom is 0.257 e. The summed E-state index contributed by atoms with van der Waals surface area (Å²) in [6, 6.07) is 17.0. The molecule has 0 amide bonds. The summed E-state index contributed by atoms with van der Waals surface area (Å²) in [6.45, 7) is 5.32. The highest BCUT2D eigenvalue weighted by Gasteiger charge is 2.30. The molecule has 0 spiro atoms. The Morgan fingerprint density at radius 3 is 1.94 bits per heavy atom. The van der Waals surface area contributed by atoms with E-state index in [9.17, 15) is 8.78 Å². The van der Waals surface area contributed by atoms with Crippen LogP contribution in [0.15, 0.2) is 70.5 Å². The Morgan fingerprint density at radius 2 is 1.39 bits per heavy atom. The molecule has 0 bridgehead atoms. The average molecular weight is 467 g/mol. The first kappa shape index (κ1) is 21.9. The van der Waals surface area contributed by atoms with Crippen LogP contribution in [0, 0.1) is 11.6 Å². The first-order chi connectivity index (χ1) is 16.1. The van der Waals surface area contributed by atoms with Crippen LogP contribution in [-0.4, -0.2) is 46.2 Å². The van der Waals surface area contributed by atoms with Crippen molar-refractivity contribution >= 4 is 11.3 Å². The SMILES string of the molecule is CC(c1nnc(-c2cccs2)o1)N1CCN(C(c2ccc(F)cc2)c2ccc(F)cc2)CC1. The molecule has 1 aliphatic rings. The number of hydrogen-bond acceptors (Lipinski definition) is 6. The largest absolute Gasteiger partial charge is 0.418 e. The molecule has 0 saturated carbocycles. The number of halogens is 2. The van der Waals surface area contributed by atoms with Gasteiger partial charge in [-0.05, 0) is 53.8 Å². The topological polar surface area (TPSA) is 45.4 Å². The third-order valence-electron chi connectivity index (χ3n) is 6.16. The second-order valence-corrected chi connectivity index (χ2v) is 9.12. The van der Waals surface area contributed by atoms with Gasteiger partial charge in [0.15, 0.2) is 0 Å². The molecule has 5 rings (SSSR count). The van der Waals surface area contributed by atoms with E-state index in [2.05, 4.69) is 26.9 Å². The molecule has 1 atom stereocenters. The van der Waals surface area contributed by atoms with Gasteiger partial charge < -0.3 is 4.42 Å². The summed E-state index contributed by atoms with van der Waals surface area (Å²) >= 11 is 1.57. The lowest BCUT2D eigenvalue weighted by Gasteiger charge is -2.41. The first-order valence-electron chi connectivity index (χ1n) is 10.9. The number of nitrogens with zero attached hydrogens (tertiary/aromatic N) is 4. The van der Waals surface area contributed by atoms with Crippen LogP contribution in [0.1, 0.15) is 36.0 Å². The Hall–Kier alpha value is -2.94. The molecule has 5 nitrogen and oxygen atoms in total. The van der Waals surface area contributed by atoms with E-state index in [0.29, 0.717) is 11.8 Å². The minimum absolute atomic E-state index is 0.00320. The lowest BCUT2D eigenvalue weighted by molar-refractivity contribution is 0.0751. The highest BCUT2D eigenvalue weighted by atomic mass is 32.1. The van der Waals surface area contributed by atoms with Crippen molar-refractivity contribution in [1.29, 1.82) is 0 Å². The zero-order chi connectivity index (χ0) is 22.8. The number of thiophene rings is 1.